The van der Waals surface area contributed by atoms with Gasteiger partial charge >= 0.3 is 0 Å². The Morgan fingerprint density at radius 1 is 1.04 bits per heavy atom. The summed E-state index contributed by atoms with van der Waals surface area (Å²) in [4.78, 5) is 6.41. The number of benzene rings is 2. The number of rotatable bonds is 4. The fraction of sp³-hybridized carbons (Fsp3) is 0.348. The van der Waals surface area contributed by atoms with Gasteiger partial charge in [0.25, 0.3) is 0 Å². The molecule has 0 fully saturated rings. The van der Waals surface area contributed by atoms with Crippen molar-refractivity contribution < 1.29 is 0 Å². The van der Waals surface area contributed by atoms with E-state index in [0.29, 0.717) is 0 Å². The van der Waals surface area contributed by atoms with Crippen molar-refractivity contribution in [3.63, 3.8) is 0 Å². The summed E-state index contributed by atoms with van der Waals surface area (Å²) in [5.74, 6) is 0. The number of unbranched alkanes of at least 4 members (excludes halogenated alkanes) is 1. The van der Waals surface area contributed by atoms with Crippen LogP contribution in [0.2, 0.25) is 0 Å². The highest BCUT2D eigenvalue weighted by Crippen LogP contribution is 2.46. The van der Waals surface area contributed by atoms with Gasteiger partial charge in [-0.15, -0.1) is 0 Å². The largest absolute Gasteiger partial charge is 0.374 e. The Morgan fingerprint density at radius 2 is 1.81 bits per heavy atom. The number of nitrogens with zero attached hydrogens (tertiary/aromatic N) is 1. The second-order valence-corrected chi connectivity index (χ2v) is 9.93. The Kier molecular flexibility index (Phi) is 4.95. The molecule has 0 saturated carbocycles. The van der Waals surface area contributed by atoms with E-state index in [2.05, 4.69) is 75.5 Å². The first-order chi connectivity index (χ1) is 13.0. The molecule has 0 aliphatic carbocycles. The number of nitrogens with one attached hydrogen (secondary N) is 1. The van der Waals surface area contributed by atoms with Gasteiger partial charge in [0.15, 0.2) is 0 Å². The molecule has 0 bridgehead atoms. The number of para-hydroxylation sites is 1. The van der Waals surface area contributed by atoms with E-state index in [1.807, 2.05) is 10.3 Å². The third-order valence-electron chi connectivity index (χ3n) is 5.18. The standard InChI is InChI=1S/C23H26N2S2/c1-5-6-9-16-11-13-17(14-12-16)24-22-19-18-10-7-8-15(2)20(18)25-23(3,4)21(19)26-27-22/h7-8,10-14,25H,5-6,9H2,1-4H3. The fourth-order valence-corrected chi connectivity index (χ4v) is 6.57. The molecule has 2 aromatic carbocycles. The first kappa shape index (κ1) is 18.5. The van der Waals surface area contributed by atoms with Crippen molar-refractivity contribution in [3.8, 4) is 11.1 Å². The molecule has 0 spiro atoms. The van der Waals surface area contributed by atoms with E-state index in [1.54, 1.807) is 10.3 Å². The van der Waals surface area contributed by atoms with Crippen LogP contribution in [0.3, 0.4) is 0 Å². The van der Waals surface area contributed by atoms with E-state index >= 15 is 0 Å². The third-order valence-corrected chi connectivity index (χ3v) is 7.82. The van der Waals surface area contributed by atoms with Crippen LogP contribution in [-0.4, -0.2) is 0 Å². The van der Waals surface area contributed by atoms with Gasteiger partial charge in [0.2, 0.25) is 0 Å². The van der Waals surface area contributed by atoms with Crippen LogP contribution in [0.25, 0.3) is 11.1 Å². The summed E-state index contributed by atoms with van der Waals surface area (Å²) in [6.45, 7) is 8.93. The van der Waals surface area contributed by atoms with Crippen LogP contribution in [-0.2, 0) is 12.0 Å². The van der Waals surface area contributed by atoms with E-state index in [-0.39, 0.29) is 5.54 Å². The van der Waals surface area contributed by atoms with E-state index in [0.717, 1.165) is 16.8 Å². The lowest BCUT2D eigenvalue weighted by Crippen LogP contribution is -2.32. The lowest BCUT2D eigenvalue weighted by Gasteiger charge is -2.34. The molecule has 27 heavy (non-hydrogen) atoms. The van der Waals surface area contributed by atoms with E-state index < -0.39 is 0 Å². The predicted octanol–water partition coefficient (Wildman–Crippen LogP) is 7.02. The molecule has 0 atom stereocenters. The number of aryl methyl sites for hydroxylation is 2. The minimum absolute atomic E-state index is 0.0760. The molecule has 4 rings (SSSR count). The van der Waals surface area contributed by atoms with Crippen molar-refractivity contribution in [3.05, 3.63) is 63.1 Å². The van der Waals surface area contributed by atoms with Crippen molar-refractivity contribution in [2.45, 2.75) is 52.5 Å². The summed E-state index contributed by atoms with van der Waals surface area (Å²) in [6, 6.07) is 15.3. The topological polar surface area (TPSA) is 24.4 Å². The Hall–Kier alpha value is -1.91. The SMILES string of the molecule is CCCCc1ccc(N=c2ssc3c2-c2cccc(C)c2NC3(C)C)cc1. The van der Waals surface area contributed by atoms with Gasteiger partial charge in [-0.05, 0) is 56.9 Å². The molecule has 1 aliphatic rings. The molecular formula is C23H26N2S2. The maximum atomic E-state index is 5.03. The number of anilines is 1. The minimum atomic E-state index is -0.0760. The van der Waals surface area contributed by atoms with Crippen LogP contribution in [0.4, 0.5) is 11.4 Å². The maximum absolute atomic E-state index is 5.03. The lowest BCUT2D eigenvalue weighted by molar-refractivity contribution is 0.618. The normalized spacial score (nSPS) is 15.2. The summed E-state index contributed by atoms with van der Waals surface area (Å²) < 4.78 is 1.12. The highest BCUT2D eigenvalue weighted by molar-refractivity contribution is 7.68. The molecule has 4 heteroatoms. The zero-order valence-corrected chi connectivity index (χ0v) is 18.1. The minimum Gasteiger partial charge on any atom is -0.374 e. The molecule has 2 nitrogen and oxygen atoms in total. The van der Waals surface area contributed by atoms with Gasteiger partial charge in [-0.25, -0.2) is 4.99 Å². The first-order valence-electron chi connectivity index (χ1n) is 9.65. The summed E-state index contributed by atoms with van der Waals surface area (Å²) in [7, 11) is 3.63. The fourth-order valence-electron chi connectivity index (χ4n) is 3.64. The molecule has 1 aromatic heterocycles. The average molecular weight is 395 g/mol. The maximum Gasteiger partial charge on any atom is 0.135 e. The quantitative estimate of drug-likeness (QED) is 0.472. The van der Waals surface area contributed by atoms with Gasteiger partial charge < -0.3 is 5.32 Å². The van der Waals surface area contributed by atoms with Gasteiger partial charge in [-0.3, -0.25) is 0 Å². The molecule has 0 amide bonds. The van der Waals surface area contributed by atoms with Crippen LogP contribution < -0.4 is 9.99 Å². The smallest absolute Gasteiger partial charge is 0.135 e. The van der Waals surface area contributed by atoms with E-state index in [4.69, 9.17) is 4.99 Å². The van der Waals surface area contributed by atoms with Crippen LogP contribution in [0.5, 0.6) is 0 Å². The summed E-state index contributed by atoms with van der Waals surface area (Å²) in [5.41, 5.74) is 7.48. The zero-order valence-electron chi connectivity index (χ0n) is 16.4. The second-order valence-electron chi connectivity index (χ2n) is 7.81. The molecule has 140 valence electrons. The highest BCUT2D eigenvalue weighted by Gasteiger charge is 2.34. The van der Waals surface area contributed by atoms with Gasteiger partial charge in [0, 0.05) is 16.8 Å². The van der Waals surface area contributed by atoms with Crippen molar-refractivity contribution >= 4 is 32.1 Å². The third kappa shape index (κ3) is 3.48. The second kappa shape index (κ2) is 7.25. The first-order valence-corrected chi connectivity index (χ1v) is 11.8. The Bertz CT molecular complexity index is 1020. The molecule has 1 N–H and O–H groups in total. The van der Waals surface area contributed by atoms with Crippen LogP contribution in [0.1, 0.15) is 49.6 Å². The monoisotopic (exact) mass is 394 g/mol. The van der Waals surface area contributed by atoms with Crippen molar-refractivity contribution in [2.75, 3.05) is 5.32 Å². The summed E-state index contributed by atoms with van der Waals surface area (Å²) >= 11 is 0. The number of hydrogen-bond donors (Lipinski definition) is 1. The molecule has 2 heterocycles. The molecule has 0 saturated heterocycles. The summed E-state index contributed by atoms with van der Waals surface area (Å²) in [6.07, 6.45) is 3.63. The van der Waals surface area contributed by atoms with Crippen molar-refractivity contribution in [2.24, 2.45) is 4.99 Å². The lowest BCUT2D eigenvalue weighted by atomic mass is 9.88. The predicted molar refractivity (Wildman–Crippen MR) is 119 cm³/mol. The van der Waals surface area contributed by atoms with Crippen molar-refractivity contribution in [1.82, 2.24) is 0 Å². The average Bonchev–Trinajstić information content (AvgIpc) is 3.07. The van der Waals surface area contributed by atoms with Gasteiger partial charge in [-0.2, -0.15) is 0 Å². The molecule has 1 aliphatic heterocycles. The van der Waals surface area contributed by atoms with E-state index in [9.17, 15) is 0 Å². The molecule has 0 unspecified atom stereocenters. The van der Waals surface area contributed by atoms with Crippen LogP contribution >= 0.6 is 20.7 Å². The Labute approximate surface area is 169 Å². The van der Waals surface area contributed by atoms with Gasteiger partial charge in [-0.1, -0.05) is 64.4 Å². The zero-order chi connectivity index (χ0) is 19.0. The van der Waals surface area contributed by atoms with Crippen LogP contribution in [0.15, 0.2) is 47.5 Å². The summed E-state index contributed by atoms with van der Waals surface area (Å²) in [5, 5.41) is 3.74. The van der Waals surface area contributed by atoms with Gasteiger partial charge in [0.05, 0.1) is 16.1 Å². The Morgan fingerprint density at radius 3 is 2.56 bits per heavy atom. The Balaban J connectivity index is 1.81. The number of fused-ring (bicyclic) bond motifs is 3. The van der Waals surface area contributed by atoms with Crippen molar-refractivity contribution in [1.29, 1.82) is 0 Å². The molecule has 3 aromatic rings. The van der Waals surface area contributed by atoms with Gasteiger partial charge in [0.1, 0.15) is 4.67 Å². The molecule has 0 radical (unpaired) electrons. The molecular weight excluding hydrogens is 368 g/mol. The van der Waals surface area contributed by atoms with Crippen LogP contribution in [0, 0.1) is 6.92 Å². The highest BCUT2D eigenvalue weighted by atomic mass is 32.9. The number of hydrogen-bond acceptors (Lipinski definition) is 4. The van der Waals surface area contributed by atoms with E-state index in [1.165, 1.54) is 45.7 Å².